The fraction of sp³-hybridized carbons (Fsp3) is 0.125. The Morgan fingerprint density at radius 2 is 2.00 bits per heavy atom. The summed E-state index contributed by atoms with van der Waals surface area (Å²) in [5.41, 5.74) is 6.09. The Morgan fingerprint density at radius 1 is 1.36 bits per heavy atom. The average molecular weight is 149 g/mol. The molecule has 0 aliphatic rings. The molecular formula is C8H9N2O. The maximum absolute atomic E-state index is 10.00. The molecule has 1 rings (SSSR count). The van der Waals surface area contributed by atoms with Gasteiger partial charge < -0.3 is 11.1 Å². The number of hydrogen-bond donors (Lipinski definition) is 2. The summed E-state index contributed by atoms with van der Waals surface area (Å²) in [6.45, 7) is 0. The summed E-state index contributed by atoms with van der Waals surface area (Å²) in [5.74, 6) is 0. The van der Waals surface area contributed by atoms with Crippen LogP contribution in [0.3, 0.4) is 0 Å². The van der Waals surface area contributed by atoms with Gasteiger partial charge in [0.2, 0.25) is 6.29 Å². The molecule has 0 amide bonds. The van der Waals surface area contributed by atoms with E-state index in [4.69, 9.17) is 5.73 Å². The summed E-state index contributed by atoms with van der Waals surface area (Å²) in [6.07, 6.45) is 0.892. The summed E-state index contributed by atoms with van der Waals surface area (Å²) in [4.78, 5) is 10.00. The van der Waals surface area contributed by atoms with Crippen LogP contribution in [0.5, 0.6) is 0 Å². The molecule has 0 saturated heterocycles. The predicted octanol–water partition coefficient (Wildman–Crippen LogP) is 0.493. The van der Waals surface area contributed by atoms with Crippen molar-refractivity contribution in [2.45, 2.75) is 6.17 Å². The Kier molecular flexibility index (Phi) is 2.63. The number of benzene rings is 1. The molecule has 0 aliphatic heterocycles. The largest absolute Gasteiger partial charge is 0.363 e. The summed E-state index contributed by atoms with van der Waals surface area (Å²) < 4.78 is 0. The lowest BCUT2D eigenvalue weighted by atomic mass is 10.3. The molecule has 11 heavy (non-hydrogen) atoms. The molecular weight excluding hydrogens is 140 g/mol. The number of rotatable bonds is 3. The van der Waals surface area contributed by atoms with Crippen LogP contribution in [-0.4, -0.2) is 12.5 Å². The van der Waals surface area contributed by atoms with Crippen LogP contribution in [0.2, 0.25) is 0 Å². The molecule has 0 saturated carbocycles. The van der Waals surface area contributed by atoms with Crippen molar-refractivity contribution < 1.29 is 4.79 Å². The Labute approximate surface area is 65.2 Å². The van der Waals surface area contributed by atoms with Crippen molar-refractivity contribution in [3.8, 4) is 0 Å². The van der Waals surface area contributed by atoms with Crippen LogP contribution < -0.4 is 11.1 Å². The van der Waals surface area contributed by atoms with Gasteiger partial charge in [0.1, 0.15) is 6.17 Å². The smallest absolute Gasteiger partial charge is 0.238 e. The molecule has 1 radical (unpaired) electrons. The molecule has 0 aliphatic carbocycles. The summed E-state index contributed by atoms with van der Waals surface area (Å²) in [5, 5.41) is 2.75. The van der Waals surface area contributed by atoms with E-state index in [2.05, 4.69) is 5.32 Å². The molecule has 3 nitrogen and oxygen atoms in total. The van der Waals surface area contributed by atoms with Crippen molar-refractivity contribution >= 4 is 12.0 Å². The highest BCUT2D eigenvalue weighted by Crippen LogP contribution is 2.04. The van der Waals surface area contributed by atoms with Crippen molar-refractivity contribution in [2.75, 3.05) is 5.32 Å². The fourth-order valence-electron chi connectivity index (χ4n) is 0.743. The lowest BCUT2D eigenvalue weighted by molar-refractivity contribution is 0.547. The highest BCUT2D eigenvalue weighted by Gasteiger charge is 1.97. The third-order valence-corrected chi connectivity index (χ3v) is 1.22. The second kappa shape index (κ2) is 3.73. The van der Waals surface area contributed by atoms with Gasteiger partial charge in [0.05, 0.1) is 0 Å². The molecule has 57 valence electrons. The molecule has 0 aromatic heterocycles. The van der Waals surface area contributed by atoms with Gasteiger partial charge in [-0.2, -0.15) is 0 Å². The number of para-hydroxylation sites is 1. The van der Waals surface area contributed by atoms with E-state index in [9.17, 15) is 4.79 Å². The molecule has 0 fully saturated rings. The van der Waals surface area contributed by atoms with E-state index in [-0.39, 0.29) is 0 Å². The lowest BCUT2D eigenvalue weighted by Crippen LogP contribution is -2.30. The average Bonchev–Trinajstić information content (AvgIpc) is 2.06. The van der Waals surface area contributed by atoms with E-state index in [1.807, 2.05) is 30.3 Å². The molecule has 1 aromatic rings. The van der Waals surface area contributed by atoms with E-state index >= 15 is 0 Å². The van der Waals surface area contributed by atoms with E-state index in [1.165, 1.54) is 0 Å². The van der Waals surface area contributed by atoms with Crippen molar-refractivity contribution in [3.63, 3.8) is 0 Å². The van der Waals surface area contributed by atoms with Crippen LogP contribution in [-0.2, 0) is 4.79 Å². The number of hydrogen-bond acceptors (Lipinski definition) is 3. The molecule has 3 heteroatoms. The number of carbonyl (C=O) groups excluding carboxylic acids is 1. The highest BCUT2D eigenvalue weighted by molar-refractivity contribution is 5.63. The van der Waals surface area contributed by atoms with Crippen molar-refractivity contribution in [2.24, 2.45) is 5.73 Å². The Balaban J connectivity index is 2.57. The van der Waals surface area contributed by atoms with Crippen LogP contribution in [0, 0.1) is 0 Å². The second-order valence-corrected chi connectivity index (χ2v) is 2.11. The third-order valence-electron chi connectivity index (χ3n) is 1.22. The van der Waals surface area contributed by atoms with E-state index < -0.39 is 6.17 Å². The first-order chi connectivity index (χ1) is 5.33. The minimum atomic E-state index is -0.739. The standard InChI is InChI=1S/C8H9N2O/c9-8(6-11)10-7-4-2-1-3-5-7/h1-5,8,10H,9H2/t8-/m1/s1. The molecule has 1 atom stereocenters. The molecule has 0 unspecified atom stereocenters. The minimum absolute atomic E-state index is 0.739. The van der Waals surface area contributed by atoms with Gasteiger partial charge in [0.25, 0.3) is 0 Å². The van der Waals surface area contributed by atoms with Gasteiger partial charge in [-0.05, 0) is 12.1 Å². The van der Waals surface area contributed by atoms with Gasteiger partial charge in [-0.3, -0.25) is 4.79 Å². The normalized spacial score (nSPS) is 12.1. The van der Waals surface area contributed by atoms with Gasteiger partial charge in [-0.25, -0.2) is 0 Å². The molecule has 0 spiro atoms. The predicted molar refractivity (Wildman–Crippen MR) is 43.7 cm³/mol. The second-order valence-electron chi connectivity index (χ2n) is 2.11. The summed E-state index contributed by atoms with van der Waals surface area (Å²) in [6, 6.07) is 9.27. The molecule has 1 aromatic carbocycles. The quantitative estimate of drug-likeness (QED) is 0.615. The van der Waals surface area contributed by atoms with Crippen LogP contribution >= 0.6 is 0 Å². The van der Waals surface area contributed by atoms with E-state index in [0.717, 1.165) is 5.69 Å². The minimum Gasteiger partial charge on any atom is -0.363 e. The van der Waals surface area contributed by atoms with Crippen LogP contribution in [0.4, 0.5) is 5.69 Å². The van der Waals surface area contributed by atoms with Crippen molar-refractivity contribution in [1.29, 1.82) is 0 Å². The Morgan fingerprint density at radius 3 is 2.55 bits per heavy atom. The van der Waals surface area contributed by atoms with E-state index in [0.29, 0.717) is 0 Å². The SMILES string of the molecule is N[C@@H]([C]=O)Nc1ccccc1. The summed E-state index contributed by atoms with van der Waals surface area (Å²) >= 11 is 0. The van der Waals surface area contributed by atoms with Crippen LogP contribution in [0.1, 0.15) is 0 Å². The Hall–Kier alpha value is -1.35. The van der Waals surface area contributed by atoms with Gasteiger partial charge in [0.15, 0.2) is 0 Å². The monoisotopic (exact) mass is 149 g/mol. The van der Waals surface area contributed by atoms with Crippen LogP contribution in [0.25, 0.3) is 0 Å². The number of nitrogens with one attached hydrogen (secondary N) is 1. The topological polar surface area (TPSA) is 55.1 Å². The fourth-order valence-corrected chi connectivity index (χ4v) is 0.743. The van der Waals surface area contributed by atoms with E-state index in [1.54, 1.807) is 6.29 Å². The zero-order valence-electron chi connectivity index (χ0n) is 5.95. The molecule has 0 bridgehead atoms. The van der Waals surface area contributed by atoms with Gasteiger partial charge in [-0.15, -0.1) is 0 Å². The molecule has 0 heterocycles. The zero-order chi connectivity index (χ0) is 8.10. The maximum Gasteiger partial charge on any atom is 0.238 e. The van der Waals surface area contributed by atoms with Crippen molar-refractivity contribution in [3.05, 3.63) is 30.3 Å². The maximum atomic E-state index is 10.00. The van der Waals surface area contributed by atoms with Crippen molar-refractivity contribution in [1.82, 2.24) is 0 Å². The third kappa shape index (κ3) is 2.39. The summed E-state index contributed by atoms with van der Waals surface area (Å²) in [7, 11) is 0. The van der Waals surface area contributed by atoms with Crippen LogP contribution in [0.15, 0.2) is 30.3 Å². The highest BCUT2D eigenvalue weighted by atomic mass is 16.1. The van der Waals surface area contributed by atoms with Gasteiger partial charge >= 0.3 is 0 Å². The van der Waals surface area contributed by atoms with Gasteiger partial charge in [0, 0.05) is 5.69 Å². The number of nitrogens with two attached hydrogens (primary N) is 1. The first kappa shape index (κ1) is 7.75. The lowest BCUT2D eigenvalue weighted by Gasteiger charge is -2.06. The number of anilines is 1. The van der Waals surface area contributed by atoms with Gasteiger partial charge in [-0.1, -0.05) is 18.2 Å². The first-order valence-electron chi connectivity index (χ1n) is 3.28. The Bertz CT molecular complexity index is 223. The zero-order valence-corrected chi connectivity index (χ0v) is 5.95. The first-order valence-corrected chi connectivity index (χ1v) is 3.28. The molecule has 3 N–H and O–H groups in total.